The molecule has 1 saturated carbocycles. The van der Waals surface area contributed by atoms with Gasteiger partial charge in [0, 0.05) is 19.0 Å². The van der Waals surface area contributed by atoms with Crippen LogP contribution in [0.4, 0.5) is 0 Å². The van der Waals surface area contributed by atoms with Crippen molar-refractivity contribution >= 4 is 17.5 Å². The van der Waals surface area contributed by atoms with Crippen LogP contribution in [0.25, 0.3) is 0 Å². The van der Waals surface area contributed by atoms with Crippen LogP contribution in [0.1, 0.15) is 36.8 Å². The SMILES string of the molecule is O=C(CCc1nc(Cl)n[nH]1)N[C@H](c1ccccn1)C1CC(O)C1. The lowest BCUT2D eigenvalue weighted by Gasteiger charge is -2.37. The van der Waals surface area contributed by atoms with Crippen molar-refractivity contribution in [3.05, 3.63) is 41.2 Å². The summed E-state index contributed by atoms with van der Waals surface area (Å²) in [5.41, 5.74) is 0.820. The molecule has 2 aromatic rings. The minimum absolute atomic E-state index is 0.0884. The second-order valence-corrected chi connectivity index (χ2v) is 6.07. The summed E-state index contributed by atoms with van der Waals surface area (Å²) in [6, 6.07) is 5.45. The van der Waals surface area contributed by atoms with Crippen LogP contribution >= 0.6 is 11.6 Å². The largest absolute Gasteiger partial charge is 0.393 e. The van der Waals surface area contributed by atoms with E-state index in [-0.39, 0.29) is 35.7 Å². The minimum atomic E-state index is -0.278. The fourth-order valence-corrected chi connectivity index (χ4v) is 2.90. The Kier molecular flexibility index (Phi) is 4.88. The third kappa shape index (κ3) is 4.05. The number of hydrogen-bond acceptors (Lipinski definition) is 5. The van der Waals surface area contributed by atoms with Crippen LogP contribution in [-0.2, 0) is 11.2 Å². The Labute approximate surface area is 138 Å². The van der Waals surface area contributed by atoms with E-state index in [0.717, 1.165) is 5.69 Å². The highest BCUT2D eigenvalue weighted by Gasteiger charge is 2.36. The molecule has 1 fully saturated rings. The molecule has 1 amide bonds. The van der Waals surface area contributed by atoms with Crippen molar-refractivity contribution in [3.63, 3.8) is 0 Å². The van der Waals surface area contributed by atoms with Gasteiger partial charge in [0.1, 0.15) is 5.82 Å². The maximum absolute atomic E-state index is 12.2. The normalized spacial score (nSPS) is 21.5. The molecule has 0 radical (unpaired) electrons. The first kappa shape index (κ1) is 15.9. The predicted octanol–water partition coefficient (Wildman–Crippen LogP) is 1.41. The van der Waals surface area contributed by atoms with Gasteiger partial charge in [-0.05, 0) is 42.5 Å². The van der Waals surface area contributed by atoms with Crippen LogP contribution in [0, 0.1) is 5.92 Å². The summed E-state index contributed by atoms with van der Waals surface area (Å²) in [6.45, 7) is 0. The van der Waals surface area contributed by atoms with E-state index in [9.17, 15) is 9.90 Å². The first-order chi connectivity index (χ1) is 11.1. The van der Waals surface area contributed by atoms with E-state index in [1.165, 1.54) is 0 Å². The van der Waals surface area contributed by atoms with E-state index < -0.39 is 0 Å². The second-order valence-electron chi connectivity index (χ2n) is 5.74. The van der Waals surface area contributed by atoms with Crippen LogP contribution in [0.3, 0.4) is 0 Å². The highest BCUT2D eigenvalue weighted by Crippen LogP contribution is 2.37. The zero-order chi connectivity index (χ0) is 16.2. The summed E-state index contributed by atoms with van der Waals surface area (Å²) < 4.78 is 0. The molecule has 0 bridgehead atoms. The molecule has 3 rings (SSSR count). The zero-order valence-corrected chi connectivity index (χ0v) is 13.2. The molecule has 8 heteroatoms. The predicted molar refractivity (Wildman–Crippen MR) is 83.6 cm³/mol. The monoisotopic (exact) mass is 335 g/mol. The van der Waals surface area contributed by atoms with Gasteiger partial charge in [-0.25, -0.2) is 4.98 Å². The number of rotatable bonds is 6. The summed E-state index contributed by atoms with van der Waals surface area (Å²) >= 11 is 5.64. The number of amides is 1. The van der Waals surface area contributed by atoms with Gasteiger partial charge in [0.2, 0.25) is 11.2 Å². The summed E-state index contributed by atoms with van der Waals surface area (Å²) in [5, 5.41) is 19.1. The average molecular weight is 336 g/mol. The van der Waals surface area contributed by atoms with Crippen molar-refractivity contribution in [1.82, 2.24) is 25.5 Å². The standard InChI is InChI=1S/C15H18ClN5O2/c16-15-18-12(20-21-15)4-5-13(23)19-14(9-7-10(22)8-9)11-3-1-2-6-17-11/h1-3,6,9-10,14,22H,4-5,7-8H2,(H,19,23)(H,18,20,21)/t9?,10?,14-/m0/s1. The molecular weight excluding hydrogens is 318 g/mol. The molecule has 2 heterocycles. The maximum Gasteiger partial charge on any atom is 0.242 e. The molecule has 0 spiro atoms. The molecule has 0 unspecified atom stereocenters. The van der Waals surface area contributed by atoms with Gasteiger partial charge in [-0.3, -0.25) is 14.9 Å². The van der Waals surface area contributed by atoms with Gasteiger partial charge in [0.05, 0.1) is 17.8 Å². The number of halogens is 1. The Bertz CT molecular complexity index is 657. The molecule has 23 heavy (non-hydrogen) atoms. The number of aromatic nitrogens is 4. The Hall–Kier alpha value is -1.99. The van der Waals surface area contributed by atoms with Gasteiger partial charge >= 0.3 is 0 Å². The highest BCUT2D eigenvalue weighted by molar-refractivity contribution is 6.28. The number of aliphatic hydroxyl groups is 1. The Morgan fingerprint density at radius 2 is 2.30 bits per heavy atom. The van der Waals surface area contributed by atoms with E-state index in [4.69, 9.17) is 11.6 Å². The second kappa shape index (κ2) is 7.06. The first-order valence-electron chi connectivity index (χ1n) is 7.57. The van der Waals surface area contributed by atoms with Crippen LogP contribution in [0.15, 0.2) is 24.4 Å². The van der Waals surface area contributed by atoms with E-state index in [1.54, 1.807) is 6.20 Å². The van der Waals surface area contributed by atoms with Crippen molar-refractivity contribution in [1.29, 1.82) is 0 Å². The summed E-state index contributed by atoms with van der Waals surface area (Å²) in [6.07, 6.45) is 3.51. The van der Waals surface area contributed by atoms with E-state index in [0.29, 0.717) is 25.1 Å². The Morgan fingerprint density at radius 1 is 1.48 bits per heavy atom. The van der Waals surface area contributed by atoms with Gasteiger partial charge in [0.25, 0.3) is 0 Å². The number of carbonyl (C=O) groups excluding carboxylic acids is 1. The van der Waals surface area contributed by atoms with E-state index in [1.807, 2.05) is 18.2 Å². The van der Waals surface area contributed by atoms with Gasteiger partial charge in [-0.15, -0.1) is 5.10 Å². The van der Waals surface area contributed by atoms with Crippen molar-refractivity contribution in [2.45, 2.75) is 37.8 Å². The zero-order valence-electron chi connectivity index (χ0n) is 12.4. The van der Waals surface area contributed by atoms with Gasteiger partial charge < -0.3 is 10.4 Å². The Morgan fingerprint density at radius 3 is 2.91 bits per heavy atom. The van der Waals surface area contributed by atoms with Crippen LogP contribution < -0.4 is 5.32 Å². The lowest BCUT2D eigenvalue weighted by molar-refractivity contribution is -0.123. The van der Waals surface area contributed by atoms with Crippen LogP contribution in [0.2, 0.25) is 5.28 Å². The lowest BCUT2D eigenvalue weighted by atomic mass is 9.76. The van der Waals surface area contributed by atoms with Crippen molar-refractivity contribution < 1.29 is 9.90 Å². The number of aryl methyl sites for hydroxylation is 1. The molecule has 2 aromatic heterocycles. The van der Waals surface area contributed by atoms with E-state index >= 15 is 0 Å². The molecule has 3 N–H and O–H groups in total. The average Bonchev–Trinajstić information content (AvgIpc) is 2.94. The molecule has 1 aliphatic carbocycles. The molecule has 1 aliphatic rings. The molecule has 1 atom stereocenters. The quantitative estimate of drug-likeness (QED) is 0.740. The number of aliphatic hydroxyl groups excluding tert-OH is 1. The maximum atomic E-state index is 12.2. The number of H-pyrrole nitrogens is 1. The van der Waals surface area contributed by atoms with Crippen molar-refractivity contribution in [2.24, 2.45) is 5.92 Å². The van der Waals surface area contributed by atoms with Gasteiger partial charge in [-0.2, -0.15) is 0 Å². The summed E-state index contributed by atoms with van der Waals surface area (Å²) in [7, 11) is 0. The summed E-state index contributed by atoms with van der Waals surface area (Å²) in [5.74, 6) is 0.705. The molecule has 0 aromatic carbocycles. The third-order valence-corrected chi connectivity index (χ3v) is 4.21. The van der Waals surface area contributed by atoms with E-state index in [2.05, 4.69) is 25.5 Å². The molecular formula is C15H18ClN5O2. The number of carbonyl (C=O) groups is 1. The molecule has 7 nitrogen and oxygen atoms in total. The fraction of sp³-hybridized carbons (Fsp3) is 0.467. The van der Waals surface area contributed by atoms with Gasteiger partial charge in [-0.1, -0.05) is 6.07 Å². The number of aromatic amines is 1. The third-order valence-electron chi connectivity index (χ3n) is 4.04. The topological polar surface area (TPSA) is 104 Å². The Balaban J connectivity index is 1.60. The lowest BCUT2D eigenvalue weighted by Crippen LogP contribution is -2.41. The molecule has 0 saturated heterocycles. The van der Waals surface area contributed by atoms with Crippen molar-refractivity contribution in [3.8, 4) is 0 Å². The molecule has 122 valence electrons. The highest BCUT2D eigenvalue weighted by atomic mass is 35.5. The van der Waals surface area contributed by atoms with Crippen LogP contribution in [-0.4, -0.2) is 37.3 Å². The minimum Gasteiger partial charge on any atom is -0.393 e. The fourth-order valence-electron chi connectivity index (χ4n) is 2.76. The smallest absolute Gasteiger partial charge is 0.242 e. The summed E-state index contributed by atoms with van der Waals surface area (Å²) in [4.78, 5) is 20.5. The van der Waals surface area contributed by atoms with Crippen molar-refractivity contribution in [2.75, 3.05) is 0 Å². The number of hydrogen-bond donors (Lipinski definition) is 3. The van der Waals surface area contributed by atoms with Crippen LogP contribution in [0.5, 0.6) is 0 Å². The first-order valence-corrected chi connectivity index (χ1v) is 7.94. The number of nitrogens with one attached hydrogen (secondary N) is 2. The van der Waals surface area contributed by atoms with Gasteiger partial charge in [0.15, 0.2) is 0 Å². The number of pyridine rings is 1. The number of nitrogens with zero attached hydrogens (tertiary/aromatic N) is 3. The molecule has 0 aliphatic heterocycles.